The van der Waals surface area contributed by atoms with Gasteiger partial charge in [0.2, 0.25) is 5.82 Å². The molecule has 5 nitrogen and oxygen atoms in total. The minimum Gasteiger partial charge on any atom is -0.372 e. The molecular weight excluding hydrogens is 263 g/mol. The summed E-state index contributed by atoms with van der Waals surface area (Å²) >= 11 is 0. The van der Waals surface area contributed by atoms with Gasteiger partial charge in [-0.05, 0) is 19.9 Å². The van der Waals surface area contributed by atoms with E-state index in [2.05, 4.69) is 5.32 Å². The second-order valence-corrected chi connectivity index (χ2v) is 5.04. The number of rotatable bonds is 5. The van der Waals surface area contributed by atoms with Crippen LogP contribution in [0.3, 0.4) is 0 Å². The van der Waals surface area contributed by atoms with Crippen molar-refractivity contribution in [3.63, 3.8) is 0 Å². The van der Waals surface area contributed by atoms with Crippen LogP contribution in [0.2, 0.25) is 0 Å². The molecule has 0 spiro atoms. The maximum absolute atomic E-state index is 13.9. The number of halogens is 1. The standard InChI is InChI=1S/C14H19FN2O3/c1-16-11-6-2-3-8-13(11)20-9-10-5-4-7-12(14(10)15)17(18)19/h4-5,7,11,13,16H,2-3,6,8-9H2,1H3. The van der Waals surface area contributed by atoms with E-state index < -0.39 is 16.4 Å². The van der Waals surface area contributed by atoms with Crippen molar-refractivity contribution in [2.45, 2.75) is 44.4 Å². The number of hydrogen-bond donors (Lipinski definition) is 1. The Balaban J connectivity index is 2.03. The van der Waals surface area contributed by atoms with Crippen molar-refractivity contribution in [3.8, 4) is 0 Å². The zero-order valence-corrected chi connectivity index (χ0v) is 11.5. The minimum absolute atomic E-state index is 0.0346. The molecule has 1 aliphatic rings. The van der Waals surface area contributed by atoms with Crippen molar-refractivity contribution in [2.75, 3.05) is 7.05 Å². The molecule has 1 aliphatic carbocycles. The molecule has 110 valence electrons. The molecule has 2 rings (SSSR count). The van der Waals surface area contributed by atoms with E-state index in [9.17, 15) is 14.5 Å². The van der Waals surface area contributed by atoms with Crippen LogP contribution >= 0.6 is 0 Å². The van der Waals surface area contributed by atoms with Gasteiger partial charge in [0, 0.05) is 17.7 Å². The third kappa shape index (κ3) is 3.32. The van der Waals surface area contributed by atoms with Crippen LogP contribution in [0.1, 0.15) is 31.2 Å². The van der Waals surface area contributed by atoms with Crippen molar-refractivity contribution < 1.29 is 14.1 Å². The van der Waals surface area contributed by atoms with E-state index in [1.165, 1.54) is 12.1 Å². The van der Waals surface area contributed by atoms with Crippen molar-refractivity contribution >= 4 is 5.69 Å². The van der Waals surface area contributed by atoms with Gasteiger partial charge in [-0.15, -0.1) is 0 Å². The van der Waals surface area contributed by atoms with Gasteiger partial charge in [-0.2, -0.15) is 4.39 Å². The lowest BCUT2D eigenvalue weighted by Gasteiger charge is -2.31. The molecule has 0 bridgehead atoms. The topological polar surface area (TPSA) is 64.4 Å². The summed E-state index contributed by atoms with van der Waals surface area (Å²) in [6.45, 7) is 0.0658. The van der Waals surface area contributed by atoms with Crippen molar-refractivity contribution in [1.82, 2.24) is 5.32 Å². The zero-order valence-electron chi connectivity index (χ0n) is 11.5. The number of benzene rings is 1. The van der Waals surface area contributed by atoms with Crippen molar-refractivity contribution in [1.29, 1.82) is 0 Å². The van der Waals surface area contributed by atoms with Crippen LogP contribution in [0.15, 0.2) is 18.2 Å². The predicted octanol–water partition coefficient (Wildman–Crippen LogP) is 2.78. The van der Waals surface area contributed by atoms with Gasteiger partial charge >= 0.3 is 5.69 Å². The van der Waals surface area contributed by atoms with Crippen LogP contribution < -0.4 is 5.32 Å². The molecule has 1 fully saturated rings. The molecule has 1 aromatic carbocycles. The summed E-state index contributed by atoms with van der Waals surface area (Å²) in [7, 11) is 1.89. The first-order valence-electron chi connectivity index (χ1n) is 6.84. The lowest BCUT2D eigenvalue weighted by molar-refractivity contribution is -0.387. The quantitative estimate of drug-likeness (QED) is 0.666. The fourth-order valence-electron chi connectivity index (χ4n) is 2.64. The molecule has 0 aromatic heterocycles. The molecule has 20 heavy (non-hydrogen) atoms. The second kappa shape index (κ2) is 6.76. The summed E-state index contributed by atoms with van der Waals surface area (Å²) in [6.07, 6.45) is 4.27. The molecule has 1 saturated carbocycles. The highest BCUT2D eigenvalue weighted by Crippen LogP contribution is 2.25. The third-order valence-electron chi connectivity index (χ3n) is 3.78. The van der Waals surface area contributed by atoms with E-state index in [0.29, 0.717) is 0 Å². The lowest BCUT2D eigenvalue weighted by atomic mass is 9.92. The maximum Gasteiger partial charge on any atom is 0.305 e. The molecule has 0 radical (unpaired) electrons. The summed E-state index contributed by atoms with van der Waals surface area (Å²) in [4.78, 5) is 9.98. The van der Waals surface area contributed by atoms with Gasteiger partial charge < -0.3 is 10.1 Å². The van der Waals surface area contributed by atoms with Crippen LogP contribution in [0.5, 0.6) is 0 Å². The van der Waals surface area contributed by atoms with E-state index in [4.69, 9.17) is 4.74 Å². The van der Waals surface area contributed by atoms with Gasteiger partial charge in [-0.25, -0.2) is 0 Å². The van der Waals surface area contributed by atoms with Gasteiger partial charge in [0.25, 0.3) is 0 Å². The van der Waals surface area contributed by atoms with Crippen LogP contribution in [-0.4, -0.2) is 24.1 Å². The summed E-state index contributed by atoms with van der Waals surface area (Å²) in [5.41, 5.74) is -0.264. The van der Waals surface area contributed by atoms with E-state index >= 15 is 0 Å². The first kappa shape index (κ1) is 14.9. The number of ether oxygens (including phenoxy) is 1. The summed E-state index contributed by atoms with van der Waals surface area (Å²) < 4.78 is 19.7. The Morgan fingerprint density at radius 2 is 2.20 bits per heavy atom. The minimum atomic E-state index is -0.797. The van der Waals surface area contributed by atoms with Gasteiger partial charge in [-0.1, -0.05) is 25.0 Å². The Kier molecular flexibility index (Phi) is 5.03. The smallest absolute Gasteiger partial charge is 0.305 e. The number of nitro benzene ring substituents is 1. The molecule has 2 unspecified atom stereocenters. The molecule has 0 heterocycles. The van der Waals surface area contributed by atoms with Crippen molar-refractivity contribution in [3.05, 3.63) is 39.7 Å². The van der Waals surface area contributed by atoms with Crippen LogP contribution in [0.25, 0.3) is 0 Å². The van der Waals surface area contributed by atoms with Crippen LogP contribution in [0, 0.1) is 15.9 Å². The Labute approximate surface area is 117 Å². The SMILES string of the molecule is CNC1CCCCC1OCc1cccc([N+](=O)[O-])c1F. The Morgan fingerprint density at radius 3 is 2.90 bits per heavy atom. The first-order chi connectivity index (χ1) is 9.63. The summed E-state index contributed by atoms with van der Waals surface area (Å²) in [6, 6.07) is 4.44. The van der Waals surface area contributed by atoms with Gasteiger partial charge in [0.1, 0.15) is 0 Å². The maximum atomic E-state index is 13.9. The zero-order chi connectivity index (χ0) is 14.5. The number of nitro groups is 1. The highest BCUT2D eigenvalue weighted by molar-refractivity contribution is 5.36. The van der Waals surface area contributed by atoms with E-state index in [1.807, 2.05) is 7.05 Å². The molecule has 1 N–H and O–H groups in total. The van der Waals surface area contributed by atoms with Crippen molar-refractivity contribution in [2.24, 2.45) is 0 Å². The predicted molar refractivity (Wildman–Crippen MR) is 72.9 cm³/mol. The largest absolute Gasteiger partial charge is 0.372 e. The summed E-state index contributed by atoms with van der Waals surface area (Å²) in [5.74, 6) is -0.797. The third-order valence-corrected chi connectivity index (χ3v) is 3.78. The van der Waals surface area contributed by atoms with Gasteiger partial charge in [-0.3, -0.25) is 10.1 Å². The normalized spacial score (nSPS) is 22.7. The summed E-state index contributed by atoms with van der Waals surface area (Å²) in [5, 5.41) is 13.9. The van der Waals surface area contributed by atoms with E-state index in [0.717, 1.165) is 31.7 Å². The van der Waals surface area contributed by atoms with Crippen LogP contribution in [0.4, 0.5) is 10.1 Å². The second-order valence-electron chi connectivity index (χ2n) is 5.04. The van der Waals surface area contributed by atoms with E-state index in [1.54, 1.807) is 0 Å². The van der Waals surface area contributed by atoms with Crippen LogP contribution in [-0.2, 0) is 11.3 Å². The molecule has 2 atom stereocenters. The Bertz CT molecular complexity index is 481. The molecule has 0 saturated heterocycles. The van der Waals surface area contributed by atoms with Gasteiger partial charge in [0.05, 0.1) is 17.6 Å². The fourth-order valence-corrected chi connectivity index (χ4v) is 2.64. The molecule has 6 heteroatoms. The number of likely N-dealkylation sites (N-methyl/N-ethyl adjacent to an activating group) is 1. The highest BCUT2D eigenvalue weighted by atomic mass is 19.1. The average molecular weight is 282 g/mol. The van der Waals surface area contributed by atoms with E-state index in [-0.39, 0.29) is 24.3 Å². The average Bonchev–Trinajstić information content (AvgIpc) is 2.46. The molecular formula is C14H19FN2O3. The Hall–Kier alpha value is -1.53. The molecule has 0 aliphatic heterocycles. The number of nitrogens with zero attached hydrogens (tertiary/aromatic N) is 1. The number of hydrogen-bond acceptors (Lipinski definition) is 4. The number of nitrogens with one attached hydrogen (secondary N) is 1. The Morgan fingerprint density at radius 1 is 1.45 bits per heavy atom. The monoisotopic (exact) mass is 282 g/mol. The molecule has 1 aromatic rings. The lowest BCUT2D eigenvalue weighted by Crippen LogP contribution is -2.41. The first-order valence-corrected chi connectivity index (χ1v) is 6.84. The van der Waals surface area contributed by atoms with Gasteiger partial charge in [0.15, 0.2) is 0 Å². The fraction of sp³-hybridized carbons (Fsp3) is 0.571. The molecule has 0 amide bonds. The highest BCUT2D eigenvalue weighted by Gasteiger charge is 2.25.